The van der Waals surface area contributed by atoms with Crippen LogP contribution in [0.4, 0.5) is 0 Å². The average molecular weight is 691 g/mol. The molecule has 0 bridgehead atoms. The molecule has 0 aromatic carbocycles. The molecule has 2 fully saturated rings. The Morgan fingerprint density at radius 2 is 1.55 bits per heavy atom. The highest BCUT2D eigenvalue weighted by atomic mass is 28.4. The first-order valence-corrected chi connectivity index (χ1v) is 24.0. The standard InChI is InChI=1S/C39H70O6Si2/c1-14-31-16-15-17-37(45-47(25(2)3,26(4)5)27(6)7)28(8)36(41)21-30(22-38(42)43-31)33-19-18-29-20-32(23-34(29)35(33)24-40)44-46(12,13)39(9,10)11/h18-19,24-35,37H,14-17,20-23H2,1-13H3/t28-,29+,30-,31-,32+,33-,34+,35+,37-/m1/s1. The molecule has 0 radical (unpaired) electrons. The van der Waals surface area contributed by atoms with Crippen molar-refractivity contribution in [2.24, 2.45) is 35.5 Å². The van der Waals surface area contributed by atoms with Crippen LogP contribution in [-0.4, -0.2) is 53.0 Å². The number of ketones is 1. The van der Waals surface area contributed by atoms with E-state index >= 15 is 0 Å². The van der Waals surface area contributed by atoms with Crippen LogP contribution in [0.3, 0.4) is 0 Å². The summed E-state index contributed by atoms with van der Waals surface area (Å²) in [6.45, 7) is 29.3. The molecule has 0 unspecified atom stereocenters. The first kappa shape index (κ1) is 40.3. The molecule has 1 heterocycles. The average Bonchev–Trinajstić information content (AvgIpc) is 3.37. The van der Waals surface area contributed by atoms with Gasteiger partial charge in [-0.25, -0.2) is 0 Å². The minimum absolute atomic E-state index is 0.119. The van der Waals surface area contributed by atoms with Gasteiger partial charge in [0.15, 0.2) is 8.32 Å². The minimum atomic E-state index is -2.23. The molecular formula is C39H70O6Si2. The van der Waals surface area contributed by atoms with Crippen molar-refractivity contribution in [3.05, 3.63) is 12.2 Å². The first-order valence-electron chi connectivity index (χ1n) is 19.0. The van der Waals surface area contributed by atoms with Crippen LogP contribution in [0.2, 0.25) is 34.8 Å². The van der Waals surface area contributed by atoms with Gasteiger partial charge in [0, 0.05) is 30.8 Å². The van der Waals surface area contributed by atoms with E-state index in [9.17, 15) is 14.4 Å². The van der Waals surface area contributed by atoms with Crippen molar-refractivity contribution in [1.82, 2.24) is 0 Å². The van der Waals surface area contributed by atoms with Gasteiger partial charge in [-0.1, -0.05) is 88.3 Å². The quantitative estimate of drug-likeness (QED) is 0.0983. The zero-order valence-electron chi connectivity index (χ0n) is 32.3. The molecule has 9 atom stereocenters. The van der Waals surface area contributed by atoms with Crippen LogP contribution in [0, 0.1) is 35.5 Å². The number of aldehydes is 1. The molecule has 0 aromatic heterocycles. The van der Waals surface area contributed by atoms with Crippen LogP contribution in [0.1, 0.15) is 128 Å². The monoisotopic (exact) mass is 690 g/mol. The lowest BCUT2D eigenvalue weighted by atomic mass is 9.66. The molecule has 0 spiro atoms. The molecule has 1 aliphatic heterocycles. The van der Waals surface area contributed by atoms with Gasteiger partial charge >= 0.3 is 5.97 Å². The third-order valence-electron chi connectivity index (χ3n) is 12.9. The maximum atomic E-state index is 14.3. The van der Waals surface area contributed by atoms with Crippen LogP contribution >= 0.6 is 0 Å². The molecule has 1 saturated carbocycles. The second-order valence-corrected chi connectivity index (χ2v) is 28.0. The third kappa shape index (κ3) is 9.18. The van der Waals surface area contributed by atoms with E-state index in [1.165, 1.54) is 0 Å². The Morgan fingerprint density at radius 1 is 0.936 bits per heavy atom. The second-order valence-electron chi connectivity index (χ2n) is 17.8. The number of Topliss-reactive ketones (excluding diaryl/α,β-unsaturated/α-hetero) is 1. The van der Waals surface area contributed by atoms with Gasteiger partial charge in [-0.2, -0.15) is 0 Å². The third-order valence-corrected chi connectivity index (χ3v) is 23.6. The minimum Gasteiger partial charge on any atom is -0.462 e. The zero-order chi connectivity index (χ0) is 35.5. The lowest BCUT2D eigenvalue weighted by Gasteiger charge is -2.46. The summed E-state index contributed by atoms with van der Waals surface area (Å²) >= 11 is 0. The van der Waals surface area contributed by atoms with E-state index in [0.717, 1.165) is 44.8 Å². The molecule has 270 valence electrons. The summed E-state index contributed by atoms with van der Waals surface area (Å²) in [6, 6.07) is 0. The van der Waals surface area contributed by atoms with Crippen molar-refractivity contribution >= 4 is 34.7 Å². The van der Waals surface area contributed by atoms with Crippen LogP contribution in [-0.2, 0) is 28.0 Å². The molecule has 6 nitrogen and oxygen atoms in total. The number of allylic oxidation sites excluding steroid dienone is 2. The zero-order valence-corrected chi connectivity index (χ0v) is 34.3. The first-order chi connectivity index (χ1) is 21.8. The maximum Gasteiger partial charge on any atom is 0.306 e. The predicted molar refractivity (Wildman–Crippen MR) is 197 cm³/mol. The van der Waals surface area contributed by atoms with E-state index in [1.807, 2.05) is 0 Å². The molecule has 2 aliphatic carbocycles. The van der Waals surface area contributed by atoms with Gasteiger partial charge in [-0.3, -0.25) is 9.59 Å². The fourth-order valence-electron chi connectivity index (χ4n) is 9.17. The Balaban J connectivity index is 1.92. The van der Waals surface area contributed by atoms with E-state index < -0.39 is 16.6 Å². The molecule has 0 amide bonds. The summed E-state index contributed by atoms with van der Waals surface area (Å²) in [5.74, 6) is -0.641. The van der Waals surface area contributed by atoms with E-state index in [-0.39, 0.29) is 83.5 Å². The van der Waals surface area contributed by atoms with Crippen molar-refractivity contribution in [2.45, 2.75) is 181 Å². The number of esters is 1. The van der Waals surface area contributed by atoms with E-state index in [4.69, 9.17) is 13.6 Å². The van der Waals surface area contributed by atoms with Gasteiger partial charge in [-0.05, 0) is 97.0 Å². The topological polar surface area (TPSA) is 78.9 Å². The number of rotatable bonds is 10. The molecule has 47 heavy (non-hydrogen) atoms. The van der Waals surface area contributed by atoms with Gasteiger partial charge in [0.2, 0.25) is 8.32 Å². The van der Waals surface area contributed by atoms with Crippen molar-refractivity contribution in [3.8, 4) is 0 Å². The number of fused-ring (bicyclic) bond motifs is 1. The highest BCUT2D eigenvalue weighted by Gasteiger charge is 2.50. The molecule has 8 heteroatoms. The van der Waals surface area contributed by atoms with Crippen LogP contribution < -0.4 is 0 Å². The Labute approximate surface area is 290 Å². The lowest BCUT2D eigenvalue weighted by molar-refractivity contribution is -0.152. The summed E-state index contributed by atoms with van der Waals surface area (Å²) in [7, 11) is -4.19. The second kappa shape index (κ2) is 16.3. The summed E-state index contributed by atoms with van der Waals surface area (Å²) in [5, 5.41) is 0.119. The van der Waals surface area contributed by atoms with E-state index in [2.05, 4.69) is 101 Å². The van der Waals surface area contributed by atoms with Crippen molar-refractivity contribution in [3.63, 3.8) is 0 Å². The van der Waals surface area contributed by atoms with Crippen LogP contribution in [0.25, 0.3) is 0 Å². The lowest BCUT2D eigenvalue weighted by Crippen LogP contribution is -2.52. The largest absolute Gasteiger partial charge is 0.462 e. The normalized spacial score (nSPS) is 33.5. The molecular weight excluding hydrogens is 621 g/mol. The van der Waals surface area contributed by atoms with E-state index in [1.54, 1.807) is 0 Å². The van der Waals surface area contributed by atoms with Gasteiger partial charge in [0.1, 0.15) is 18.2 Å². The number of hydrogen-bond acceptors (Lipinski definition) is 6. The van der Waals surface area contributed by atoms with Crippen molar-refractivity contribution in [1.29, 1.82) is 0 Å². The molecule has 0 N–H and O–H groups in total. The Kier molecular flexibility index (Phi) is 14.0. The van der Waals surface area contributed by atoms with Gasteiger partial charge < -0.3 is 18.4 Å². The number of carbonyl (C=O) groups excluding carboxylic acids is 3. The Morgan fingerprint density at radius 3 is 2.09 bits per heavy atom. The predicted octanol–water partition coefficient (Wildman–Crippen LogP) is 10.1. The SMILES string of the molecule is CC[C@@H]1CCC[C@@H](O[Si](C(C)C)(C(C)C)C(C)C)[C@H](C)C(=O)C[C@@H]([C@H]2C=C[C@H]3C[C@H](O[Si](C)(C)C(C)(C)C)C[C@@H]3[C@H]2C=O)CC(=O)O1. The van der Waals surface area contributed by atoms with Crippen LogP contribution in [0.5, 0.6) is 0 Å². The summed E-state index contributed by atoms with van der Waals surface area (Å²) < 4.78 is 20.2. The highest BCUT2D eigenvalue weighted by Crippen LogP contribution is 2.50. The summed E-state index contributed by atoms with van der Waals surface area (Å²) in [6.07, 6.45) is 10.7. The molecule has 0 aromatic rings. The summed E-state index contributed by atoms with van der Waals surface area (Å²) in [4.78, 5) is 40.7. The Hall–Kier alpha value is -1.10. The Bertz CT molecular complexity index is 1070. The summed E-state index contributed by atoms with van der Waals surface area (Å²) in [5.41, 5.74) is 1.27. The smallest absolute Gasteiger partial charge is 0.306 e. The molecule has 1 saturated heterocycles. The molecule has 3 rings (SSSR count). The maximum absolute atomic E-state index is 14.3. The number of hydrogen-bond donors (Lipinski definition) is 0. The van der Waals surface area contributed by atoms with Gasteiger partial charge in [0.05, 0.1) is 6.10 Å². The number of ether oxygens (including phenoxy) is 1. The van der Waals surface area contributed by atoms with Gasteiger partial charge in [-0.15, -0.1) is 0 Å². The molecule has 3 aliphatic rings. The fraction of sp³-hybridized carbons (Fsp3) is 0.872. The number of cyclic esters (lactones) is 1. The highest BCUT2D eigenvalue weighted by molar-refractivity contribution is 6.77. The van der Waals surface area contributed by atoms with Gasteiger partial charge in [0.25, 0.3) is 0 Å². The van der Waals surface area contributed by atoms with Crippen LogP contribution in [0.15, 0.2) is 12.2 Å². The number of carbonyl (C=O) groups is 3. The van der Waals surface area contributed by atoms with E-state index in [0.29, 0.717) is 16.6 Å². The van der Waals surface area contributed by atoms with Crippen molar-refractivity contribution < 1.29 is 28.0 Å². The fourth-order valence-corrected chi connectivity index (χ4v) is 16.2. The van der Waals surface area contributed by atoms with Crippen molar-refractivity contribution in [2.75, 3.05) is 0 Å².